The van der Waals surface area contributed by atoms with Crippen molar-refractivity contribution in [3.8, 4) is 12.3 Å². The van der Waals surface area contributed by atoms with Crippen molar-refractivity contribution >= 4 is 0 Å². The Morgan fingerprint density at radius 3 is 3.00 bits per heavy atom. The first-order valence-electron chi connectivity index (χ1n) is 3.49. The van der Waals surface area contributed by atoms with Crippen molar-refractivity contribution in [2.75, 3.05) is 0 Å². The lowest BCUT2D eigenvalue weighted by atomic mass is 10.4. The van der Waals surface area contributed by atoms with Crippen molar-refractivity contribution < 1.29 is 0 Å². The lowest BCUT2D eigenvalue weighted by molar-refractivity contribution is 0.683. The minimum Gasteiger partial charge on any atom is -0.353 e. The Bertz CT molecular complexity index is 239. The molecule has 0 unspecified atom stereocenters. The zero-order valence-corrected chi connectivity index (χ0v) is 6.17. The maximum Gasteiger partial charge on any atom is 0.0419 e. The van der Waals surface area contributed by atoms with Crippen LogP contribution in [0.15, 0.2) is 18.5 Å². The highest BCUT2D eigenvalue weighted by Gasteiger charge is 1.89. The number of hydrogen-bond acceptors (Lipinski definition) is 0. The zero-order valence-electron chi connectivity index (χ0n) is 6.17. The van der Waals surface area contributed by atoms with Gasteiger partial charge in [-0.15, -0.1) is 6.42 Å². The van der Waals surface area contributed by atoms with Crippen LogP contribution in [0.3, 0.4) is 0 Å². The fourth-order valence-electron chi connectivity index (χ4n) is 0.923. The number of terminal acetylenes is 1. The van der Waals surface area contributed by atoms with Gasteiger partial charge in [0.25, 0.3) is 0 Å². The molecule has 52 valence electrons. The summed E-state index contributed by atoms with van der Waals surface area (Å²) >= 11 is 0. The van der Waals surface area contributed by atoms with Crippen LogP contribution < -0.4 is 0 Å². The molecule has 0 bridgehead atoms. The van der Waals surface area contributed by atoms with Crippen LogP contribution in [0.1, 0.15) is 18.9 Å². The summed E-state index contributed by atoms with van der Waals surface area (Å²) in [6, 6.07) is 1.95. The maximum absolute atomic E-state index is 5.20. The van der Waals surface area contributed by atoms with E-state index in [2.05, 4.69) is 17.4 Å². The average molecular weight is 133 g/mol. The summed E-state index contributed by atoms with van der Waals surface area (Å²) in [4.78, 5) is 0. The predicted octanol–water partition coefficient (Wildman–Crippen LogP) is 1.88. The molecule has 1 nitrogen and oxygen atoms in total. The van der Waals surface area contributed by atoms with Crippen molar-refractivity contribution in [1.29, 1.82) is 0 Å². The molecule has 1 heterocycles. The minimum absolute atomic E-state index is 0.966. The van der Waals surface area contributed by atoms with Gasteiger partial charge in [-0.05, 0) is 12.5 Å². The Balaban J connectivity index is 2.71. The van der Waals surface area contributed by atoms with Crippen molar-refractivity contribution in [2.45, 2.75) is 19.9 Å². The fourth-order valence-corrected chi connectivity index (χ4v) is 0.923. The van der Waals surface area contributed by atoms with Gasteiger partial charge in [0.15, 0.2) is 0 Å². The van der Waals surface area contributed by atoms with Gasteiger partial charge in [0.05, 0.1) is 0 Å². The van der Waals surface area contributed by atoms with E-state index in [1.165, 1.54) is 0 Å². The minimum atomic E-state index is 0.966. The molecule has 0 fully saturated rings. The molecule has 0 radical (unpaired) electrons. The summed E-state index contributed by atoms with van der Waals surface area (Å²) in [5.41, 5.74) is 0.966. The molecule has 0 N–H and O–H groups in total. The van der Waals surface area contributed by atoms with Crippen molar-refractivity contribution in [3.63, 3.8) is 0 Å². The van der Waals surface area contributed by atoms with Gasteiger partial charge in [0, 0.05) is 24.5 Å². The Morgan fingerprint density at radius 1 is 1.70 bits per heavy atom. The first-order chi connectivity index (χ1) is 4.86. The summed E-state index contributed by atoms with van der Waals surface area (Å²) in [6.07, 6.45) is 10.3. The second-order valence-electron chi connectivity index (χ2n) is 2.28. The summed E-state index contributed by atoms with van der Waals surface area (Å²) < 4.78 is 2.11. The third-order valence-electron chi connectivity index (χ3n) is 1.40. The molecule has 0 saturated heterocycles. The number of nitrogens with zero attached hydrogens (tertiary/aromatic N) is 1. The van der Waals surface area contributed by atoms with Gasteiger partial charge in [0.1, 0.15) is 0 Å². The summed E-state index contributed by atoms with van der Waals surface area (Å²) in [5, 5.41) is 0. The molecule has 1 aromatic heterocycles. The first-order valence-corrected chi connectivity index (χ1v) is 3.49. The van der Waals surface area contributed by atoms with Gasteiger partial charge < -0.3 is 4.57 Å². The highest BCUT2D eigenvalue weighted by Crippen LogP contribution is 1.99. The number of aromatic nitrogens is 1. The molecular formula is C9H11N. The van der Waals surface area contributed by atoms with Crippen LogP contribution in [0.25, 0.3) is 0 Å². The topological polar surface area (TPSA) is 4.93 Å². The van der Waals surface area contributed by atoms with Crippen LogP contribution in [0.5, 0.6) is 0 Å². The van der Waals surface area contributed by atoms with E-state index in [1.54, 1.807) is 0 Å². The Kier molecular flexibility index (Phi) is 2.17. The van der Waals surface area contributed by atoms with Crippen LogP contribution in [0.4, 0.5) is 0 Å². The SMILES string of the molecule is C#Cc1ccn(CCC)c1. The predicted molar refractivity (Wildman–Crippen MR) is 42.7 cm³/mol. The number of rotatable bonds is 2. The van der Waals surface area contributed by atoms with Crippen molar-refractivity contribution in [1.82, 2.24) is 4.57 Å². The largest absolute Gasteiger partial charge is 0.353 e. The molecule has 0 aromatic carbocycles. The standard InChI is InChI=1S/C9H11N/c1-3-6-10-7-5-9(4-2)8-10/h2,5,7-8H,3,6H2,1H3. The normalized spacial score (nSPS) is 9.20. The second kappa shape index (κ2) is 3.12. The molecule has 10 heavy (non-hydrogen) atoms. The molecule has 1 heteroatoms. The van der Waals surface area contributed by atoms with Crippen LogP contribution in [0.2, 0.25) is 0 Å². The second-order valence-corrected chi connectivity index (χ2v) is 2.28. The lowest BCUT2D eigenvalue weighted by Crippen LogP contribution is -1.90. The van der Waals surface area contributed by atoms with Crippen LogP contribution in [-0.2, 0) is 6.54 Å². The molecule has 0 atom stereocenters. The Labute approximate surface area is 61.7 Å². The van der Waals surface area contributed by atoms with E-state index in [9.17, 15) is 0 Å². The van der Waals surface area contributed by atoms with E-state index in [0.29, 0.717) is 0 Å². The molecule has 0 saturated carbocycles. The molecule has 0 spiro atoms. The summed E-state index contributed by atoms with van der Waals surface area (Å²) in [5.74, 6) is 2.58. The van der Waals surface area contributed by atoms with E-state index in [1.807, 2.05) is 18.5 Å². The van der Waals surface area contributed by atoms with E-state index >= 15 is 0 Å². The number of aryl methyl sites for hydroxylation is 1. The van der Waals surface area contributed by atoms with E-state index in [4.69, 9.17) is 6.42 Å². The molecule has 0 aliphatic heterocycles. The summed E-state index contributed by atoms with van der Waals surface area (Å²) in [6.45, 7) is 3.21. The third kappa shape index (κ3) is 1.41. The first kappa shape index (κ1) is 6.95. The monoisotopic (exact) mass is 133 g/mol. The highest BCUT2D eigenvalue weighted by atomic mass is 14.9. The van der Waals surface area contributed by atoms with E-state index < -0.39 is 0 Å². The molecular weight excluding hydrogens is 122 g/mol. The van der Waals surface area contributed by atoms with Gasteiger partial charge in [-0.25, -0.2) is 0 Å². The number of hydrogen-bond donors (Lipinski definition) is 0. The molecule has 1 rings (SSSR count). The Morgan fingerprint density at radius 2 is 2.50 bits per heavy atom. The van der Waals surface area contributed by atoms with Gasteiger partial charge in [-0.3, -0.25) is 0 Å². The zero-order chi connectivity index (χ0) is 7.40. The van der Waals surface area contributed by atoms with Gasteiger partial charge in [-0.1, -0.05) is 12.8 Å². The fraction of sp³-hybridized carbons (Fsp3) is 0.333. The average Bonchev–Trinajstić information content (AvgIpc) is 2.37. The van der Waals surface area contributed by atoms with Crippen molar-refractivity contribution in [2.24, 2.45) is 0 Å². The molecule has 0 amide bonds. The quantitative estimate of drug-likeness (QED) is 0.543. The van der Waals surface area contributed by atoms with Crippen LogP contribution in [0, 0.1) is 12.3 Å². The molecule has 0 aliphatic rings. The van der Waals surface area contributed by atoms with Crippen LogP contribution >= 0.6 is 0 Å². The lowest BCUT2D eigenvalue weighted by Gasteiger charge is -1.95. The van der Waals surface area contributed by atoms with E-state index in [-0.39, 0.29) is 0 Å². The van der Waals surface area contributed by atoms with Crippen molar-refractivity contribution in [3.05, 3.63) is 24.0 Å². The molecule has 1 aromatic rings. The third-order valence-corrected chi connectivity index (χ3v) is 1.40. The maximum atomic E-state index is 5.20. The Hall–Kier alpha value is -1.16. The highest BCUT2D eigenvalue weighted by molar-refractivity contribution is 5.29. The van der Waals surface area contributed by atoms with Gasteiger partial charge in [0.2, 0.25) is 0 Å². The smallest absolute Gasteiger partial charge is 0.0419 e. The van der Waals surface area contributed by atoms with Gasteiger partial charge in [-0.2, -0.15) is 0 Å². The molecule has 0 aliphatic carbocycles. The summed E-state index contributed by atoms with van der Waals surface area (Å²) in [7, 11) is 0. The van der Waals surface area contributed by atoms with E-state index in [0.717, 1.165) is 18.5 Å². The van der Waals surface area contributed by atoms with Crippen LogP contribution in [-0.4, -0.2) is 4.57 Å². The van der Waals surface area contributed by atoms with Gasteiger partial charge >= 0.3 is 0 Å².